The topological polar surface area (TPSA) is 20.2 Å². The molecule has 0 spiro atoms. The van der Waals surface area contributed by atoms with Crippen molar-refractivity contribution in [3.63, 3.8) is 0 Å². The minimum Gasteiger partial charge on any atom is -0.506 e. The quantitative estimate of drug-likeness (QED) is 0.0629. The zero-order chi connectivity index (χ0) is 31.2. The van der Waals surface area contributed by atoms with Crippen LogP contribution >= 0.6 is 23.5 Å². The number of aromatic hydroxyl groups is 1. The van der Waals surface area contributed by atoms with E-state index in [9.17, 15) is 5.11 Å². The highest BCUT2D eigenvalue weighted by Crippen LogP contribution is 2.41. The second-order valence-electron chi connectivity index (χ2n) is 13.4. The van der Waals surface area contributed by atoms with Gasteiger partial charge in [0.15, 0.2) is 0 Å². The first-order valence-corrected chi connectivity index (χ1v) is 21.2. The normalized spacial score (nSPS) is 12.3. The molecule has 0 aliphatic carbocycles. The average Bonchev–Trinajstić information content (AvgIpc) is 3.01. The van der Waals surface area contributed by atoms with Gasteiger partial charge in [0, 0.05) is 0 Å². The van der Waals surface area contributed by atoms with Crippen molar-refractivity contribution in [1.82, 2.24) is 0 Å². The standard InChI is InChI=1S/C40H74OS2/c1-5-8-11-14-17-19-21-23-26-29-32-42-38-34-37(36(4)31-28-25-16-13-10-7-3)35-39(40(38)41)43-33-30-27-24-22-20-18-15-12-9-6-2/h34-36,41H,5-33H2,1-4H3. The summed E-state index contributed by atoms with van der Waals surface area (Å²) in [6, 6.07) is 4.67. The molecule has 1 aromatic rings. The molecule has 1 unspecified atom stereocenters. The van der Waals surface area contributed by atoms with Crippen LogP contribution in [-0.2, 0) is 0 Å². The van der Waals surface area contributed by atoms with Crippen LogP contribution in [0.1, 0.15) is 213 Å². The van der Waals surface area contributed by atoms with Crippen LogP contribution in [0, 0.1) is 0 Å². The molecule has 0 radical (unpaired) electrons. The summed E-state index contributed by atoms with van der Waals surface area (Å²) < 4.78 is 0. The number of unbranched alkanes of at least 4 members (excludes halogenated alkanes) is 23. The number of phenols is 1. The number of hydrogen-bond donors (Lipinski definition) is 1. The molecule has 1 N–H and O–H groups in total. The maximum Gasteiger partial charge on any atom is 0.142 e. The van der Waals surface area contributed by atoms with Crippen LogP contribution in [0.3, 0.4) is 0 Å². The maximum atomic E-state index is 11.3. The molecule has 1 nitrogen and oxygen atoms in total. The fraction of sp³-hybridized carbons (Fsp3) is 0.850. The van der Waals surface area contributed by atoms with Crippen molar-refractivity contribution in [3.8, 4) is 5.75 Å². The Kier molecular flexibility index (Phi) is 28.8. The Bertz CT molecular complexity index is 686. The van der Waals surface area contributed by atoms with Crippen molar-refractivity contribution < 1.29 is 5.11 Å². The van der Waals surface area contributed by atoms with Gasteiger partial charge >= 0.3 is 0 Å². The van der Waals surface area contributed by atoms with E-state index in [1.54, 1.807) is 0 Å². The van der Waals surface area contributed by atoms with Crippen LogP contribution < -0.4 is 0 Å². The zero-order valence-electron chi connectivity index (χ0n) is 29.5. The molecule has 0 aliphatic heterocycles. The van der Waals surface area contributed by atoms with E-state index in [-0.39, 0.29) is 0 Å². The number of rotatable bonds is 32. The monoisotopic (exact) mass is 635 g/mol. The van der Waals surface area contributed by atoms with E-state index >= 15 is 0 Å². The lowest BCUT2D eigenvalue weighted by atomic mass is 9.94. The maximum absolute atomic E-state index is 11.3. The molecule has 43 heavy (non-hydrogen) atoms. The number of hydrogen-bond acceptors (Lipinski definition) is 3. The van der Waals surface area contributed by atoms with Crippen molar-refractivity contribution in [2.45, 2.75) is 217 Å². The van der Waals surface area contributed by atoms with Crippen LogP contribution in [0.5, 0.6) is 5.75 Å². The van der Waals surface area contributed by atoms with Crippen molar-refractivity contribution in [2.24, 2.45) is 0 Å². The van der Waals surface area contributed by atoms with Gasteiger partial charge in [-0.25, -0.2) is 0 Å². The molecule has 0 aliphatic rings. The van der Waals surface area contributed by atoms with Crippen LogP contribution in [0.2, 0.25) is 0 Å². The lowest BCUT2D eigenvalue weighted by molar-refractivity contribution is 0.447. The largest absolute Gasteiger partial charge is 0.506 e. The molecule has 0 aromatic heterocycles. The number of benzene rings is 1. The van der Waals surface area contributed by atoms with Gasteiger partial charge in [-0.3, -0.25) is 0 Å². The minimum absolute atomic E-state index is 0.560. The molecule has 1 atom stereocenters. The number of thioether (sulfide) groups is 2. The van der Waals surface area contributed by atoms with Gasteiger partial charge in [0.25, 0.3) is 0 Å². The van der Waals surface area contributed by atoms with Gasteiger partial charge in [-0.15, -0.1) is 23.5 Å². The molecule has 1 rings (SSSR count). The molecule has 0 saturated carbocycles. The molecular formula is C40H74OS2. The summed E-state index contributed by atoms with van der Waals surface area (Å²) in [5, 5.41) is 11.3. The Morgan fingerprint density at radius 2 is 0.767 bits per heavy atom. The first kappa shape index (κ1) is 40.7. The Labute approximate surface area is 279 Å². The predicted octanol–water partition coefficient (Wildman–Crippen LogP) is 15.3. The van der Waals surface area contributed by atoms with E-state index in [0.717, 1.165) is 21.3 Å². The van der Waals surface area contributed by atoms with Gasteiger partial charge in [-0.2, -0.15) is 0 Å². The van der Waals surface area contributed by atoms with Crippen LogP contribution in [-0.4, -0.2) is 16.6 Å². The molecule has 252 valence electrons. The molecule has 1 aromatic carbocycles. The average molecular weight is 635 g/mol. The lowest BCUT2D eigenvalue weighted by Crippen LogP contribution is -1.97. The summed E-state index contributed by atoms with van der Waals surface area (Å²) in [6.45, 7) is 9.30. The fourth-order valence-corrected chi connectivity index (χ4v) is 8.18. The highest BCUT2D eigenvalue weighted by atomic mass is 32.2. The van der Waals surface area contributed by atoms with E-state index in [1.165, 1.54) is 179 Å². The highest BCUT2D eigenvalue weighted by molar-refractivity contribution is 8.00. The van der Waals surface area contributed by atoms with E-state index in [0.29, 0.717) is 11.7 Å². The molecule has 0 fully saturated rings. The van der Waals surface area contributed by atoms with Gasteiger partial charge in [0.05, 0.1) is 9.79 Å². The van der Waals surface area contributed by atoms with Crippen molar-refractivity contribution in [3.05, 3.63) is 17.7 Å². The summed E-state index contributed by atoms with van der Waals surface area (Å²) in [4.78, 5) is 2.27. The lowest BCUT2D eigenvalue weighted by Gasteiger charge is -2.17. The molecular weight excluding hydrogens is 561 g/mol. The first-order valence-electron chi connectivity index (χ1n) is 19.3. The van der Waals surface area contributed by atoms with Gasteiger partial charge in [-0.05, 0) is 54.4 Å². The summed E-state index contributed by atoms with van der Waals surface area (Å²) >= 11 is 3.81. The smallest absolute Gasteiger partial charge is 0.142 e. The SMILES string of the molecule is CCCCCCCCCCCCSc1cc(C(C)CCCCCCCC)cc(SCCCCCCCCCCCC)c1O. The van der Waals surface area contributed by atoms with Crippen molar-refractivity contribution in [1.29, 1.82) is 0 Å². The Morgan fingerprint density at radius 1 is 0.465 bits per heavy atom. The van der Waals surface area contributed by atoms with Crippen molar-refractivity contribution in [2.75, 3.05) is 11.5 Å². The van der Waals surface area contributed by atoms with E-state index in [4.69, 9.17) is 0 Å². The molecule has 0 saturated heterocycles. The van der Waals surface area contributed by atoms with Gasteiger partial charge in [0.2, 0.25) is 0 Å². The summed E-state index contributed by atoms with van der Waals surface area (Å²) in [6.07, 6.45) is 37.0. The van der Waals surface area contributed by atoms with Gasteiger partial charge < -0.3 is 5.11 Å². The summed E-state index contributed by atoms with van der Waals surface area (Å²) in [5.74, 6) is 3.38. The van der Waals surface area contributed by atoms with Crippen molar-refractivity contribution >= 4 is 23.5 Å². The van der Waals surface area contributed by atoms with E-state index in [2.05, 4.69) is 39.8 Å². The third kappa shape index (κ3) is 22.8. The first-order chi connectivity index (χ1) is 21.1. The van der Waals surface area contributed by atoms with Crippen LogP contribution in [0.15, 0.2) is 21.9 Å². The minimum atomic E-state index is 0.560. The second-order valence-corrected chi connectivity index (χ2v) is 15.7. The van der Waals surface area contributed by atoms with Gasteiger partial charge in [0.1, 0.15) is 5.75 Å². The highest BCUT2D eigenvalue weighted by Gasteiger charge is 2.15. The number of phenolic OH excluding ortho intramolecular Hbond substituents is 1. The Hall–Kier alpha value is -0.280. The van der Waals surface area contributed by atoms with Crippen LogP contribution in [0.4, 0.5) is 0 Å². The van der Waals surface area contributed by atoms with Gasteiger partial charge in [-0.1, -0.05) is 182 Å². The fourth-order valence-electron chi connectivity index (χ4n) is 6.05. The summed E-state index contributed by atoms with van der Waals surface area (Å²) in [7, 11) is 0. The van der Waals surface area contributed by atoms with Crippen LogP contribution in [0.25, 0.3) is 0 Å². The molecule has 0 amide bonds. The zero-order valence-corrected chi connectivity index (χ0v) is 31.1. The Balaban J connectivity index is 2.51. The summed E-state index contributed by atoms with van der Waals surface area (Å²) in [5.41, 5.74) is 1.45. The predicted molar refractivity (Wildman–Crippen MR) is 200 cm³/mol. The third-order valence-electron chi connectivity index (χ3n) is 9.13. The third-order valence-corrected chi connectivity index (χ3v) is 11.4. The van der Waals surface area contributed by atoms with E-state index < -0.39 is 0 Å². The van der Waals surface area contributed by atoms with E-state index in [1.807, 2.05) is 23.5 Å². The molecule has 3 heteroatoms. The second kappa shape index (κ2) is 30.4. The Morgan fingerprint density at radius 3 is 1.12 bits per heavy atom. The molecule has 0 heterocycles. The molecule has 0 bridgehead atoms.